The second-order valence-electron chi connectivity index (χ2n) is 7.60. The van der Waals surface area contributed by atoms with Crippen molar-refractivity contribution in [3.63, 3.8) is 0 Å². The minimum Gasteiger partial charge on any atom is -0.455 e. The number of rotatable bonds is 7. The number of sulfonamides is 1. The highest BCUT2D eigenvalue weighted by Crippen LogP contribution is 2.25. The zero-order valence-electron chi connectivity index (χ0n) is 17.5. The van der Waals surface area contributed by atoms with Gasteiger partial charge in [-0.1, -0.05) is 35.3 Å². The highest BCUT2D eigenvalue weighted by atomic mass is 35.5. The van der Waals surface area contributed by atoms with Crippen molar-refractivity contribution in [1.29, 1.82) is 0 Å². The monoisotopic (exact) mass is 498 g/mol. The summed E-state index contributed by atoms with van der Waals surface area (Å²) in [4.78, 5) is 24.8. The smallest absolute Gasteiger partial charge is 0.310 e. The summed E-state index contributed by atoms with van der Waals surface area (Å²) in [5.41, 5.74) is 0.865. The molecule has 0 bridgehead atoms. The Bertz CT molecular complexity index is 1060. The molecular weight excluding hydrogens is 475 g/mol. The van der Waals surface area contributed by atoms with E-state index in [-0.39, 0.29) is 17.5 Å². The van der Waals surface area contributed by atoms with Crippen molar-refractivity contribution >= 4 is 45.1 Å². The van der Waals surface area contributed by atoms with Crippen molar-refractivity contribution in [2.45, 2.75) is 30.7 Å². The van der Waals surface area contributed by atoms with E-state index in [2.05, 4.69) is 5.32 Å². The standard InChI is InChI=1S/C22H24Cl2N2O5S/c1-15(16-4-6-18(23)7-5-16)25-21(27)14-31-22(28)17-3-2-12-26(13-17)32(29,30)20-10-8-19(24)9-11-20/h4-11,15,17H,2-3,12-14H2,1H3,(H,25,27). The average Bonchev–Trinajstić information content (AvgIpc) is 2.78. The van der Waals surface area contributed by atoms with E-state index in [4.69, 9.17) is 27.9 Å². The van der Waals surface area contributed by atoms with E-state index in [0.29, 0.717) is 29.4 Å². The van der Waals surface area contributed by atoms with Gasteiger partial charge in [0, 0.05) is 23.1 Å². The molecule has 0 aromatic heterocycles. The molecule has 0 radical (unpaired) electrons. The van der Waals surface area contributed by atoms with E-state index in [1.54, 1.807) is 24.3 Å². The summed E-state index contributed by atoms with van der Waals surface area (Å²) in [7, 11) is -3.75. The highest BCUT2D eigenvalue weighted by Gasteiger charge is 2.34. The van der Waals surface area contributed by atoms with E-state index in [9.17, 15) is 18.0 Å². The lowest BCUT2D eigenvalue weighted by Gasteiger charge is -2.30. The highest BCUT2D eigenvalue weighted by molar-refractivity contribution is 7.89. The molecule has 10 heteroatoms. The van der Waals surface area contributed by atoms with Gasteiger partial charge in [-0.05, 0) is 61.7 Å². The maximum atomic E-state index is 12.9. The number of nitrogens with zero attached hydrogens (tertiary/aromatic N) is 1. The third-order valence-electron chi connectivity index (χ3n) is 5.26. The molecule has 3 rings (SSSR count). The number of hydrogen-bond donors (Lipinski definition) is 1. The lowest BCUT2D eigenvalue weighted by atomic mass is 10.00. The molecule has 172 valence electrons. The molecule has 0 spiro atoms. The molecule has 2 unspecified atom stereocenters. The molecule has 1 aliphatic heterocycles. The molecule has 0 saturated carbocycles. The number of amides is 1. The van der Waals surface area contributed by atoms with Crippen LogP contribution in [0.4, 0.5) is 0 Å². The number of piperidine rings is 1. The number of benzene rings is 2. The molecule has 1 heterocycles. The molecule has 0 aliphatic carbocycles. The van der Waals surface area contributed by atoms with Crippen LogP contribution < -0.4 is 5.32 Å². The van der Waals surface area contributed by atoms with Crippen LogP contribution in [0.5, 0.6) is 0 Å². The first-order valence-corrected chi connectivity index (χ1v) is 12.3. The molecule has 2 atom stereocenters. The molecule has 1 amide bonds. The van der Waals surface area contributed by atoms with Crippen LogP contribution >= 0.6 is 23.2 Å². The van der Waals surface area contributed by atoms with Gasteiger partial charge in [-0.15, -0.1) is 0 Å². The lowest BCUT2D eigenvalue weighted by molar-refractivity contribution is -0.153. The number of esters is 1. The Morgan fingerprint density at radius 1 is 1.09 bits per heavy atom. The fourth-order valence-electron chi connectivity index (χ4n) is 3.48. The maximum absolute atomic E-state index is 12.9. The van der Waals surface area contributed by atoms with E-state index in [0.717, 1.165) is 5.56 Å². The molecular formula is C22H24Cl2N2O5S. The van der Waals surface area contributed by atoms with Crippen LogP contribution in [0.3, 0.4) is 0 Å². The molecule has 1 fully saturated rings. The van der Waals surface area contributed by atoms with Crippen LogP contribution in [0.25, 0.3) is 0 Å². The summed E-state index contributed by atoms with van der Waals surface area (Å²) < 4.78 is 32.2. The van der Waals surface area contributed by atoms with Crippen LogP contribution in [-0.4, -0.2) is 44.3 Å². The predicted octanol–water partition coefficient (Wildman–Crippen LogP) is 3.81. The van der Waals surface area contributed by atoms with Gasteiger partial charge in [-0.3, -0.25) is 9.59 Å². The maximum Gasteiger partial charge on any atom is 0.310 e. The van der Waals surface area contributed by atoms with Crippen molar-refractivity contribution in [3.05, 3.63) is 64.1 Å². The Morgan fingerprint density at radius 2 is 1.69 bits per heavy atom. The Labute approximate surface area is 197 Å². The average molecular weight is 499 g/mol. The molecule has 2 aromatic carbocycles. The van der Waals surface area contributed by atoms with Gasteiger partial charge in [0.1, 0.15) is 0 Å². The Balaban J connectivity index is 1.53. The topological polar surface area (TPSA) is 92.8 Å². The summed E-state index contributed by atoms with van der Waals surface area (Å²) in [5.74, 6) is -1.66. The van der Waals surface area contributed by atoms with Gasteiger partial charge in [0.05, 0.1) is 16.9 Å². The fourth-order valence-corrected chi connectivity index (χ4v) is 5.26. The Morgan fingerprint density at radius 3 is 2.31 bits per heavy atom. The first kappa shape index (κ1) is 24.5. The Hall–Kier alpha value is -2.13. The summed E-state index contributed by atoms with van der Waals surface area (Å²) >= 11 is 11.7. The summed E-state index contributed by atoms with van der Waals surface area (Å²) in [5, 5.41) is 3.79. The van der Waals surface area contributed by atoms with Gasteiger partial charge in [0.2, 0.25) is 10.0 Å². The summed E-state index contributed by atoms with van der Waals surface area (Å²) in [6.07, 6.45) is 1.01. The number of carbonyl (C=O) groups is 2. The van der Waals surface area contributed by atoms with E-state index in [1.807, 2.05) is 6.92 Å². The minimum atomic E-state index is -3.75. The molecule has 1 N–H and O–H groups in total. The first-order chi connectivity index (χ1) is 15.2. The van der Waals surface area contributed by atoms with Crippen molar-refractivity contribution in [2.75, 3.05) is 19.7 Å². The van der Waals surface area contributed by atoms with Crippen molar-refractivity contribution < 1.29 is 22.7 Å². The lowest BCUT2D eigenvalue weighted by Crippen LogP contribution is -2.43. The largest absolute Gasteiger partial charge is 0.455 e. The molecule has 7 nitrogen and oxygen atoms in total. The van der Waals surface area contributed by atoms with Crippen LogP contribution in [0, 0.1) is 5.92 Å². The van der Waals surface area contributed by atoms with Crippen molar-refractivity contribution in [3.8, 4) is 0 Å². The number of nitrogens with one attached hydrogen (secondary N) is 1. The number of ether oxygens (including phenoxy) is 1. The molecule has 32 heavy (non-hydrogen) atoms. The van der Waals surface area contributed by atoms with E-state index < -0.39 is 34.4 Å². The van der Waals surface area contributed by atoms with Gasteiger partial charge in [0.15, 0.2) is 6.61 Å². The van der Waals surface area contributed by atoms with E-state index in [1.165, 1.54) is 28.6 Å². The number of carbonyl (C=O) groups excluding carboxylic acids is 2. The number of hydrogen-bond acceptors (Lipinski definition) is 5. The SMILES string of the molecule is CC(NC(=O)COC(=O)C1CCCN(S(=O)(=O)c2ccc(Cl)cc2)C1)c1ccc(Cl)cc1. The van der Waals surface area contributed by atoms with Crippen LogP contribution in [0.2, 0.25) is 10.0 Å². The van der Waals surface area contributed by atoms with Gasteiger partial charge in [-0.25, -0.2) is 8.42 Å². The molecule has 2 aromatic rings. The third kappa shape index (κ3) is 6.22. The van der Waals surface area contributed by atoms with Gasteiger partial charge >= 0.3 is 5.97 Å². The molecule has 1 aliphatic rings. The van der Waals surface area contributed by atoms with Crippen LogP contribution in [-0.2, 0) is 24.3 Å². The van der Waals surface area contributed by atoms with Gasteiger partial charge in [-0.2, -0.15) is 4.31 Å². The fraction of sp³-hybridized carbons (Fsp3) is 0.364. The zero-order valence-corrected chi connectivity index (χ0v) is 19.8. The van der Waals surface area contributed by atoms with Crippen molar-refractivity contribution in [1.82, 2.24) is 9.62 Å². The van der Waals surface area contributed by atoms with Gasteiger partial charge in [0.25, 0.3) is 5.91 Å². The third-order valence-corrected chi connectivity index (χ3v) is 7.65. The van der Waals surface area contributed by atoms with E-state index >= 15 is 0 Å². The van der Waals surface area contributed by atoms with Crippen LogP contribution in [0.1, 0.15) is 31.4 Å². The number of halogens is 2. The summed E-state index contributed by atoms with van der Waals surface area (Å²) in [6, 6.07) is 12.7. The summed E-state index contributed by atoms with van der Waals surface area (Å²) in [6.45, 7) is 1.70. The minimum absolute atomic E-state index is 0.00654. The second kappa shape index (κ2) is 10.7. The predicted molar refractivity (Wildman–Crippen MR) is 122 cm³/mol. The zero-order chi connectivity index (χ0) is 23.3. The van der Waals surface area contributed by atoms with Crippen LogP contribution in [0.15, 0.2) is 53.4 Å². The quantitative estimate of drug-likeness (QED) is 0.585. The van der Waals surface area contributed by atoms with Crippen molar-refractivity contribution in [2.24, 2.45) is 5.92 Å². The first-order valence-electron chi connectivity index (χ1n) is 10.1. The molecule has 1 saturated heterocycles. The normalized spacial score (nSPS) is 18.0. The van der Waals surface area contributed by atoms with Gasteiger partial charge < -0.3 is 10.1 Å². The Kier molecular flexibility index (Phi) is 8.16. The second-order valence-corrected chi connectivity index (χ2v) is 10.4.